The third-order valence-corrected chi connectivity index (χ3v) is 5.82. The summed E-state index contributed by atoms with van der Waals surface area (Å²) >= 11 is 0. The molecule has 2 heteroatoms. The zero-order chi connectivity index (χ0) is 18.3. The van der Waals surface area contributed by atoms with Crippen LogP contribution in [0.1, 0.15) is 70.9 Å². The summed E-state index contributed by atoms with van der Waals surface area (Å²) in [6, 6.07) is 21.8. The van der Waals surface area contributed by atoms with Crippen molar-refractivity contribution >= 4 is 0 Å². The lowest BCUT2D eigenvalue weighted by molar-refractivity contribution is 0.369. The molecule has 2 nitrogen and oxygen atoms in total. The number of unbranched alkanes of at least 4 members (excludes halogenated alkanes) is 2. The van der Waals surface area contributed by atoms with E-state index in [1.165, 1.54) is 36.8 Å². The van der Waals surface area contributed by atoms with Gasteiger partial charge in [0.05, 0.1) is 0 Å². The van der Waals surface area contributed by atoms with Crippen LogP contribution in [0.15, 0.2) is 60.7 Å². The van der Waals surface area contributed by atoms with E-state index in [2.05, 4.69) is 88.4 Å². The molecule has 0 fully saturated rings. The van der Waals surface area contributed by atoms with E-state index in [1.807, 2.05) is 0 Å². The molecule has 26 heavy (non-hydrogen) atoms. The van der Waals surface area contributed by atoms with E-state index in [4.69, 9.17) is 5.73 Å². The van der Waals surface area contributed by atoms with Crippen molar-refractivity contribution in [1.29, 1.82) is 0 Å². The van der Waals surface area contributed by atoms with Crippen molar-refractivity contribution in [2.24, 2.45) is 5.73 Å². The Balaban J connectivity index is 0.00000338. The van der Waals surface area contributed by atoms with Gasteiger partial charge >= 0.3 is 0 Å². The van der Waals surface area contributed by atoms with Gasteiger partial charge in [-0.1, -0.05) is 108 Å². The average Bonchev–Trinajstić information content (AvgIpc) is 2.62. The van der Waals surface area contributed by atoms with E-state index >= 15 is 0 Å². The lowest BCUT2D eigenvalue weighted by Gasteiger charge is -2.32. The second-order valence-electron chi connectivity index (χ2n) is 8.54. The van der Waals surface area contributed by atoms with Crippen molar-refractivity contribution in [3.63, 3.8) is 0 Å². The summed E-state index contributed by atoms with van der Waals surface area (Å²) < 4.78 is 0. The molecule has 2 rings (SSSR count). The second kappa shape index (κ2) is 9.89. The number of hydrogen-bond donors (Lipinski definition) is 2. The van der Waals surface area contributed by atoms with Gasteiger partial charge in [-0.15, -0.1) is 0 Å². The van der Waals surface area contributed by atoms with E-state index < -0.39 is 0 Å². The number of nitrogens with two attached hydrogens (primary N) is 1. The third-order valence-electron chi connectivity index (χ3n) is 5.82. The van der Waals surface area contributed by atoms with Gasteiger partial charge in [0, 0.05) is 11.5 Å². The van der Waals surface area contributed by atoms with Crippen LogP contribution in [0.4, 0.5) is 0 Å². The highest BCUT2D eigenvalue weighted by Gasteiger charge is 2.27. The van der Waals surface area contributed by atoms with E-state index in [9.17, 15) is 0 Å². The molecule has 0 spiro atoms. The van der Waals surface area contributed by atoms with Gasteiger partial charge in [-0.25, -0.2) is 0 Å². The Kier molecular flexibility index (Phi) is 8.52. The summed E-state index contributed by atoms with van der Waals surface area (Å²) in [6.45, 7) is 9.25. The van der Waals surface area contributed by atoms with Crippen molar-refractivity contribution in [3.8, 4) is 0 Å². The molecular weight excluding hydrogens is 316 g/mol. The van der Waals surface area contributed by atoms with Crippen LogP contribution in [-0.4, -0.2) is 6.04 Å². The maximum absolute atomic E-state index is 6.54. The fraction of sp³-hybridized carbons (Fsp3) is 0.500. The summed E-state index contributed by atoms with van der Waals surface area (Å²) in [6.07, 6.45) is 6.06. The molecule has 1 atom stereocenters. The van der Waals surface area contributed by atoms with Crippen LogP contribution in [0.25, 0.3) is 0 Å². The SMILES string of the molecule is CC(C)(CCCCCC(N)C(C)(C)c1ccccc1)c1ccccc1.N. The first-order valence-corrected chi connectivity index (χ1v) is 9.71. The maximum Gasteiger partial charge on any atom is 0.0131 e. The van der Waals surface area contributed by atoms with Crippen LogP contribution in [-0.2, 0) is 10.8 Å². The fourth-order valence-corrected chi connectivity index (χ4v) is 3.58. The molecule has 0 aliphatic heterocycles. The molecule has 5 N–H and O–H groups in total. The van der Waals surface area contributed by atoms with Crippen LogP contribution >= 0.6 is 0 Å². The standard InChI is InChI=1S/C24H35N.H3N/c1-23(2,20-14-8-5-9-15-20)19-13-7-12-18-22(25)24(3,4)21-16-10-6-11-17-21;/h5-6,8-11,14-17,22H,7,12-13,18-19,25H2,1-4H3;1H3. The first kappa shape index (κ1) is 22.4. The van der Waals surface area contributed by atoms with Gasteiger partial charge in [0.25, 0.3) is 0 Å². The topological polar surface area (TPSA) is 61.0 Å². The quantitative estimate of drug-likeness (QED) is 0.513. The van der Waals surface area contributed by atoms with Gasteiger partial charge < -0.3 is 11.9 Å². The summed E-state index contributed by atoms with van der Waals surface area (Å²) in [5, 5.41) is 0. The molecule has 0 aromatic heterocycles. The minimum Gasteiger partial charge on any atom is -0.344 e. The number of benzene rings is 2. The molecule has 0 bridgehead atoms. The van der Waals surface area contributed by atoms with Crippen LogP contribution in [0.2, 0.25) is 0 Å². The molecule has 144 valence electrons. The van der Waals surface area contributed by atoms with E-state index in [0.717, 1.165) is 6.42 Å². The molecule has 0 amide bonds. The number of rotatable bonds is 9. The zero-order valence-electron chi connectivity index (χ0n) is 17.2. The molecular formula is C24H38N2. The Hall–Kier alpha value is -1.64. The van der Waals surface area contributed by atoms with Crippen LogP contribution in [0.3, 0.4) is 0 Å². The molecule has 0 saturated heterocycles. The molecule has 2 aromatic rings. The van der Waals surface area contributed by atoms with Crippen LogP contribution < -0.4 is 11.9 Å². The predicted molar refractivity (Wildman–Crippen MR) is 115 cm³/mol. The largest absolute Gasteiger partial charge is 0.344 e. The maximum atomic E-state index is 6.54. The molecule has 0 aliphatic carbocycles. The van der Waals surface area contributed by atoms with Crippen LogP contribution in [0, 0.1) is 0 Å². The Bertz CT molecular complexity index is 617. The third kappa shape index (κ3) is 5.96. The van der Waals surface area contributed by atoms with Gasteiger partial charge in [-0.2, -0.15) is 0 Å². The minimum absolute atomic E-state index is 0. The lowest BCUT2D eigenvalue weighted by atomic mass is 9.76. The van der Waals surface area contributed by atoms with E-state index in [0.29, 0.717) is 0 Å². The Morgan fingerprint density at radius 2 is 1.23 bits per heavy atom. The smallest absolute Gasteiger partial charge is 0.0131 e. The summed E-state index contributed by atoms with van der Waals surface area (Å²) in [5.41, 5.74) is 9.61. The average molecular weight is 355 g/mol. The molecule has 0 heterocycles. The summed E-state index contributed by atoms with van der Waals surface area (Å²) in [4.78, 5) is 0. The zero-order valence-corrected chi connectivity index (χ0v) is 17.2. The highest BCUT2D eigenvalue weighted by atomic mass is 14.7. The normalized spacial score (nSPS) is 13.1. The van der Waals surface area contributed by atoms with E-state index in [1.54, 1.807) is 0 Å². The first-order valence-electron chi connectivity index (χ1n) is 9.71. The van der Waals surface area contributed by atoms with Crippen LogP contribution in [0.5, 0.6) is 0 Å². The highest BCUT2D eigenvalue weighted by molar-refractivity contribution is 5.25. The molecule has 0 radical (unpaired) electrons. The second-order valence-corrected chi connectivity index (χ2v) is 8.54. The number of hydrogen-bond acceptors (Lipinski definition) is 2. The van der Waals surface area contributed by atoms with Gasteiger partial charge in [0.15, 0.2) is 0 Å². The van der Waals surface area contributed by atoms with Crippen molar-refractivity contribution in [1.82, 2.24) is 6.15 Å². The molecule has 1 unspecified atom stereocenters. The summed E-state index contributed by atoms with van der Waals surface area (Å²) in [7, 11) is 0. The van der Waals surface area contributed by atoms with Crippen molar-refractivity contribution in [3.05, 3.63) is 71.8 Å². The first-order chi connectivity index (χ1) is 11.8. The molecule has 0 saturated carbocycles. The van der Waals surface area contributed by atoms with Crippen molar-refractivity contribution in [2.75, 3.05) is 0 Å². The van der Waals surface area contributed by atoms with E-state index in [-0.39, 0.29) is 23.0 Å². The fourth-order valence-electron chi connectivity index (χ4n) is 3.58. The van der Waals surface area contributed by atoms with Gasteiger partial charge in [-0.3, -0.25) is 0 Å². The molecule has 0 aliphatic rings. The highest BCUT2D eigenvalue weighted by Crippen LogP contribution is 2.31. The Morgan fingerprint density at radius 3 is 1.77 bits per heavy atom. The van der Waals surface area contributed by atoms with Crippen molar-refractivity contribution in [2.45, 2.75) is 76.7 Å². The monoisotopic (exact) mass is 354 g/mol. The van der Waals surface area contributed by atoms with Crippen molar-refractivity contribution < 1.29 is 0 Å². The lowest BCUT2D eigenvalue weighted by Crippen LogP contribution is -2.40. The Labute approximate surface area is 160 Å². The van der Waals surface area contributed by atoms with Gasteiger partial charge in [0.2, 0.25) is 0 Å². The van der Waals surface area contributed by atoms with Gasteiger partial charge in [0.1, 0.15) is 0 Å². The Morgan fingerprint density at radius 1 is 0.731 bits per heavy atom. The summed E-state index contributed by atoms with van der Waals surface area (Å²) in [5.74, 6) is 0. The predicted octanol–water partition coefficient (Wildman–Crippen LogP) is 6.38. The van der Waals surface area contributed by atoms with Gasteiger partial charge in [-0.05, 0) is 29.4 Å². The minimum atomic E-state index is 0. The molecule has 2 aromatic carbocycles.